The fraction of sp³-hybridized carbons (Fsp3) is 0.400. The third-order valence-corrected chi connectivity index (χ3v) is 4.57. The van der Waals surface area contributed by atoms with Gasteiger partial charge in [0, 0.05) is 24.8 Å². The lowest BCUT2D eigenvalue weighted by Gasteiger charge is -2.32. The molecule has 1 aromatic carbocycles. The Morgan fingerprint density at radius 1 is 1.20 bits per heavy atom. The van der Waals surface area contributed by atoms with Crippen LogP contribution in [0.4, 0.5) is 10.5 Å². The van der Waals surface area contributed by atoms with E-state index >= 15 is 0 Å². The summed E-state index contributed by atoms with van der Waals surface area (Å²) in [6.07, 6.45) is 2.11. The summed E-state index contributed by atoms with van der Waals surface area (Å²) in [4.78, 5) is 16.6. The van der Waals surface area contributed by atoms with Gasteiger partial charge in [0.05, 0.1) is 17.5 Å². The van der Waals surface area contributed by atoms with Gasteiger partial charge >= 0.3 is 6.03 Å². The molecule has 0 aliphatic carbocycles. The zero-order valence-corrected chi connectivity index (χ0v) is 14.8. The van der Waals surface area contributed by atoms with Crippen molar-refractivity contribution in [3.8, 4) is 0 Å². The van der Waals surface area contributed by atoms with Gasteiger partial charge in [-0.1, -0.05) is 30.3 Å². The third-order valence-electron chi connectivity index (χ3n) is 4.57. The first-order chi connectivity index (χ1) is 12.1. The van der Waals surface area contributed by atoms with E-state index in [0.717, 1.165) is 36.5 Å². The first kappa shape index (κ1) is 17.4. The molecule has 2 heterocycles. The molecule has 5 nitrogen and oxygen atoms in total. The van der Waals surface area contributed by atoms with E-state index in [4.69, 9.17) is 4.74 Å². The largest absolute Gasteiger partial charge is 0.373 e. The molecule has 0 saturated carbocycles. The molecule has 25 heavy (non-hydrogen) atoms. The van der Waals surface area contributed by atoms with Gasteiger partial charge in [0.2, 0.25) is 0 Å². The van der Waals surface area contributed by atoms with Crippen LogP contribution in [0.3, 0.4) is 0 Å². The Labute approximate surface area is 148 Å². The van der Waals surface area contributed by atoms with Crippen LogP contribution in [0.2, 0.25) is 0 Å². The van der Waals surface area contributed by atoms with E-state index in [2.05, 4.69) is 27.8 Å². The Balaban J connectivity index is 1.58. The van der Waals surface area contributed by atoms with Crippen molar-refractivity contribution in [3.63, 3.8) is 0 Å². The molecular weight excluding hydrogens is 314 g/mol. The molecule has 1 aromatic heterocycles. The maximum Gasteiger partial charge on any atom is 0.319 e. The van der Waals surface area contributed by atoms with Crippen molar-refractivity contribution in [2.24, 2.45) is 5.92 Å². The van der Waals surface area contributed by atoms with Crippen LogP contribution in [-0.2, 0) is 4.74 Å². The van der Waals surface area contributed by atoms with Crippen LogP contribution in [0.15, 0.2) is 42.5 Å². The van der Waals surface area contributed by atoms with Crippen LogP contribution in [0.1, 0.15) is 35.9 Å². The number of hydrogen-bond donors (Lipinski definition) is 2. The number of urea groups is 1. The molecule has 2 unspecified atom stereocenters. The Bertz CT molecular complexity index is 718. The van der Waals surface area contributed by atoms with Crippen molar-refractivity contribution in [2.75, 3.05) is 18.5 Å². The summed E-state index contributed by atoms with van der Waals surface area (Å²) in [5.41, 5.74) is 3.67. The Hall–Kier alpha value is -2.40. The summed E-state index contributed by atoms with van der Waals surface area (Å²) in [7, 11) is 0. The SMILES string of the molecule is Cc1ccc(NC(=O)NCC2CCCOC2c2ccccc2)c(C)n1. The first-order valence-corrected chi connectivity index (χ1v) is 8.79. The summed E-state index contributed by atoms with van der Waals surface area (Å²) in [6, 6.07) is 13.8. The van der Waals surface area contributed by atoms with Crippen molar-refractivity contribution in [3.05, 3.63) is 59.4 Å². The molecule has 0 spiro atoms. The number of aryl methyl sites for hydroxylation is 2. The summed E-state index contributed by atoms with van der Waals surface area (Å²) in [6.45, 7) is 5.19. The van der Waals surface area contributed by atoms with Crippen molar-refractivity contribution in [1.29, 1.82) is 0 Å². The van der Waals surface area contributed by atoms with Gasteiger partial charge in [-0.3, -0.25) is 4.98 Å². The minimum Gasteiger partial charge on any atom is -0.373 e. The van der Waals surface area contributed by atoms with Gasteiger partial charge in [0.15, 0.2) is 0 Å². The van der Waals surface area contributed by atoms with E-state index in [1.807, 2.05) is 44.2 Å². The van der Waals surface area contributed by atoms with E-state index in [1.54, 1.807) is 0 Å². The van der Waals surface area contributed by atoms with E-state index in [9.17, 15) is 4.79 Å². The maximum absolute atomic E-state index is 12.2. The zero-order chi connectivity index (χ0) is 17.6. The highest BCUT2D eigenvalue weighted by Crippen LogP contribution is 2.33. The molecule has 1 aliphatic rings. The van der Waals surface area contributed by atoms with Crippen molar-refractivity contribution >= 4 is 11.7 Å². The highest BCUT2D eigenvalue weighted by molar-refractivity contribution is 5.89. The van der Waals surface area contributed by atoms with E-state index in [1.165, 1.54) is 5.56 Å². The smallest absolute Gasteiger partial charge is 0.319 e. The normalized spacial score (nSPS) is 20.1. The molecule has 2 atom stereocenters. The second-order valence-corrected chi connectivity index (χ2v) is 6.53. The fourth-order valence-corrected chi connectivity index (χ4v) is 3.27. The van der Waals surface area contributed by atoms with Crippen molar-refractivity contribution in [2.45, 2.75) is 32.8 Å². The average molecular weight is 339 g/mol. The second-order valence-electron chi connectivity index (χ2n) is 6.53. The molecule has 5 heteroatoms. The summed E-state index contributed by atoms with van der Waals surface area (Å²) in [5, 5.41) is 5.86. The lowest BCUT2D eigenvalue weighted by Crippen LogP contribution is -2.37. The minimum atomic E-state index is -0.203. The van der Waals surface area contributed by atoms with Gasteiger partial charge in [0.1, 0.15) is 0 Å². The quantitative estimate of drug-likeness (QED) is 0.885. The van der Waals surface area contributed by atoms with Crippen molar-refractivity contribution < 1.29 is 9.53 Å². The van der Waals surface area contributed by atoms with Gasteiger partial charge in [0.25, 0.3) is 0 Å². The number of benzene rings is 1. The van der Waals surface area contributed by atoms with Gasteiger partial charge in [-0.05, 0) is 44.4 Å². The van der Waals surface area contributed by atoms with Crippen LogP contribution in [0, 0.1) is 19.8 Å². The standard InChI is InChI=1S/C20H25N3O2/c1-14-10-11-18(15(2)22-14)23-20(24)21-13-17-9-6-12-25-19(17)16-7-4-3-5-8-16/h3-5,7-8,10-11,17,19H,6,9,12-13H2,1-2H3,(H2,21,23,24). The molecule has 1 aliphatic heterocycles. The number of nitrogens with zero attached hydrogens (tertiary/aromatic N) is 1. The third kappa shape index (κ3) is 4.57. The predicted octanol–water partition coefficient (Wildman–Crippen LogP) is 3.99. The topological polar surface area (TPSA) is 63.2 Å². The van der Waals surface area contributed by atoms with E-state index < -0.39 is 0 Å². The number of pyridine rings is 1. The molecule has 1 saturated heterocycles. The molecule has 1 fully saturated rings. The number of nitrogens with one attached hydrogen (secondary N) is 2. The van der Waals surface area contributed by atoms with Gasteiger partial charge in [-0.2, -0.15) is 0 Å². The fourth-order valence-electron chi connectivity index (χ4n) is 3.27. The lowest BCUT2D eigenvalue weighted by atomic mass is 9.89. The summed E-state index contributed by atoms with van der Waals surface area (Å²) < 4.78 is 5.98. The molecule has 2 N–H and O–H groups in total. The van der Waals surface area contributed by atoms with Gasteiger partial charge in [-0.25, -0.2) is 4.79 Å². The number of ether oxygens (including phenoxy) is 1. The summed E-state index contributed by atoms with van der Waals surface area (Å²) in [5.74, 6) is 0.277. The molecule has 2 aromatic rings. The average Bonchev–Trinajstić information content (AvgIpc) is 2.63. The second kappa shape index (κ2) is 8.12. The predicted molar refractivity (Wildman–Crippen MR) is 98.6 cm³/mol. The number of rotatable bonds is 4. The number of aromatic nitrogens is 1. The highest BCUT2D eigenvalue weighted by Gasteiger charge is 2.27. The summed E-state index contributed by atoms with van der Waals surface area (Å²) >= 11 is 0. The van der Waals surface area contributed by atoms with Gasteiger partial charge < -0.3 is 15.4 Å². The van der Waals surface area contributed by atoms with Crippen LogP contribution >= 0.6 is 0 Å². The van der Waals surface area contributed by atoms with Crippen LogP contribution in [0.25, 0.3) is 0 Å². The minimum absolute atomic E-state index is 0.0398. The molecule has 2 amide bonds. The van der Waals surface area contributed by atoms with Crippen molar-refractivity contribution in [1.82, 2.24) is 10.3 Å². The Kier molecular flexibility index (Phi) is 5.66. The van der Waals surface area contributed by atoms with Crippen LogP contribution < -0.4 is 10.6 Å². The van der Waals surface area contributed by atoms with E-state index in [-0.39, 0.29) is 18.1 Å². The number of carbonyl (C=O) groups excluding carboxylic acids is 1. The monoisotopic (exact) mass is 339 g/mol. The lowest BCUT2D eigenvalue weighted by molar-refractivity contribution is -0.0268. The zero-order valence-electron chi connectivity index (χ0n) is 14.8. The highest BCUT2D eigenvalue weighted by atomic mass is 16.5. The molecule has 3 rings (SSSR count). The number of anilines is 1. The Morgan fingerprint density at radius 2 is 2.00 bits per heavy atom. The van der Waals surface area contributed by atoms with Crippen LogP contribution in [-0.4, -0.2) is 24.2 Å². The van der Waals surface area contributed by atoms with Gasteiger partial charge in [-0.15, -0.1) is 0 Å². The van der Waals surface area contributed by atoms with E-state index in [0.29, 0.717) is 6.54 Å². The first-order valence-electron chi connectivity index (χ1n) is 8.79. The number of hydrogen-bond acceptors (Lipinski definition) is 3. The molecule has 0 radical (unpaired) electrons. The molecular formula is C20H25N3O2. The molecule has 0 bridgehead atoms. The number of carbonyl (C=O) groups is 1. The maximum atomic E-state index is 12.2. The molecule has 132 valence electrons. The van der Waals surface area contributed by atoms with Crippen LogP contribution in [0.5, 0.6) is 0 Å². The Morgan fingerprint density at radius 3 is 2.76 bits per heavy atom. The number of amides is 2.